The molecule has 9 heteroatoms. The van der Waals surface area contributed by atoms with E-state index in [0.717, 1.165) is 21.0 Å². The Bertz CT molecular complexity index is 1490. The maximum absolute atomic E-state index is 14.1. The fourth-order valence-corrected chi connectivity index (χ4v) is 5.83. The van der Waals surface area contributed by atoms with Crippen LogP contribution in [-0.4, -0.2) is 50.4 Å². The summed E-state index contributed by atoms with van der Waals surface area (Å²) in [6.45, 7) is 12.4. The number of aryl methyl sites for hydroxylation is 3. The minimum Gasteiger partial charge on any atom is -0.497 e. The Kier molecular flexibility index (Phi) is 9.86. The summed E-state index contributed by atoms with van der Waals surface area (Å²) in [5.74, 6) is -0.241. The highest BCUT2D eigenvalue weighted by Gasteiger charge is 2.34. The Morgan fingerprint density at radius 3 is 2.17 bits per heavy atom. The zero-order valence-corrected chi connectivity index (χ0v) is 26.0. The predicted molar refractivity (Wildman–Crippen MR) is 163 cm³/mol. The van der Waals surface area contributed by atoms with Crippen molar-refractivity contribution in [1.82, 2.24) is 10.2 Å². The third-order valence-electron chi connectivity index (χ3n) is 6.67. The van der Waals surface area contributed by atoms with Crippen molar-refractivity contribution in [2.24, 2.45) is 0 Å². The van der Waals surface area contributed by atoms with Gasteiger partial charge in [-0.3, -0.25) is 13.9 Å². The number of amides is 2. The lowest BCUT2D eigenvalue weighted by molar-refractivity contribution is -0.140. The first kappa shape index (κ1) is 31.7. The van der Waals surface area contributed by atoms with Gasteiger partial charge in [-0.2, -0.15) is 0 Å². The molecule has 0 bridgehead atoms. The molecule has 3 aromatic rings. The highest BCUT2D eigenvalue weighted by molar-refractivity contribution is 7.92. The Morgan fingerprint density at radius 2 is 1.56 bits per heavy atom. The number of sulfonamides is 1. The molecule has 0 heterocycles. The summed E-state index contributed by atoms with van der Waals surface area (Å²) in [5.41, 5.74) is 3.11. The Balaban J connectivity index is 2.09. The van der Waals surface area contributed by atoms with Crippen molar-refractivity contribution >= 4 is 27.5 Å². The van der Waals surface area contributed by atoms with Crippen molar-refractivity contribution in [3.05, 3.63) is 89.0 Å². The molecule has 0 spiro atoms. The fraction of sp³-hybridized carbons (Fsp3) is 0.375. The summed E-state index contributed by atoms with van der Waals surface area (Å²) >= 11 is 0. The van der Waals surface area contributed by atoms with Gasteiger partial charge >= 0.3 is 0 Å². The van der Waals surface area contributed by atoms with Gasteiger partial charge in [-0.1, -0.05) is 42.0 Å². The summed E-state index contributed by atoms with van der Waals surface area (Å²) in [4.78, 5) is 28.9. The molecule has 2 amide bonds. The second-order valence-electron chi connectivity index (χ2n) is 11.4. The van der Waals surface area contributed by atoms with E-state index in [9.17, 15) is 18.0 Å². The summed E-state index contributed by atoms with van der Waals surface area (Å²) in [6, 6.07) is 18.4. The second kappa shape index (κ2) is 12.8. The van der Waals surface area contributed by atoms with Crippen molar-refractivity contribution in [2.45, 2.75) is 71.5 Å². The zero-order valence-electron chi connectivity index (χ0n) is 25.2. The molecule has 0 saturated carbocycles. The molecule has 3 aromatic carbocycles. The molecule has 0 aliphatic rings. The van der Waals surface area contributed by atoms with Gasteiger partial charge in [-0.25, -0.2) is 8.42 Å². The Labute approximate surface area is 244 Å². The van der Waals surface area contributed by atoms with E-state index in [0.29, 0.717) is 17.0 Å². The number of nitrogens with one attached hydrogen (secondary N) is 1. The lowest BCUT2D eigenvalue weighted by atomic mass is 10.1. The molecular formula is C32H41N3O5S. The van der Waals surface area contributed by atoms with Gasteiger partial charge in [0.15, 0.2) is 0 Å². The first-order valence-corrected chi connectivity index (χ1v) is 15.0. The maximum atomic E-state index is 14.1. The van der Waals surface area contributed by atoms with E-state index in [1.54, 1.807) is 62.6 Å². The van der Waals surface area contributed by atoms with Gasteiger partial charge in [-0.15, -0.1) is 0 Å². The summed E-state index contributed by atoms with van der Waals surface area (Å²) in [6.07, 6.45) is 0. The second-order valence-corrected chi connectivity index (χ2v) is 13.3. The normalized spacial score (nSPS) is 12.4. The molecular weight excluding hydrogens is 538 g/mol. The van der Waals surface area contributed by atoms with Crippen LogP contribution in [0.25, 0.3) is 0 Å². The molecule has 0 fully saturated rings. The van der Waals surface area contributed by atoms with Crippen molar-refractivity contribution in [2.75, 3.05) is 18.0 Å². The molecule has 1 N–H and O–H groups in total. The first-order chi connectivity index (χ1) is 19.1. The number of ether oxygens (including phenoxy) is 1. The lowest BCUT2D eigenvalue weighted by Gasteiger charge is -2.34. The molecule has 0 aliphatic heterocycles. The van der Waals surface area contributed by atoms with E-state index in [1.165, 1.54) is 4.90 Å². The number of nitrogens with zero attached hydrogens (tertiary/aromatic N) is 2. The largest absolute Gasteiger partial charge is 0.497 e. The lowest BCUT2D eigenvalue weighted by Crippen LogP contribution is -2.54. The van der Waals surface area contributed by atoms with E-state index < -0.39 is 34.1 Å². The van der Waals surface area contributed by atoms with Crippen LogP contribution in [0.1, 0.15) is 49.9 Å². The summed E-state index contributed by atoms with van der Waals surface area (Å²) < 4.78 is 34.6. The van der Waals surface area contributed by atoms with Gasteiger partial charge in [0.05, 0.1) is 17.7 Å². The minimum atomic E-state index is -4.13. The number of carbonyl (C=O) groups excluding carboxylic acids is 2. The average molecular weight is 580 g/mol. The Morgan fingerprint density at radius 1 is 0.927 bits per heavy atom. The van der Waals surface area contributed by atoms with Crippen LogP contribution in [0.4, 0.5) is 5.69 Å². The molecule has 0 aliphatic carbocycles. The maximum Gasteiger partial charge on any atom is 0.264 e. The number of anilines is 1. The van der Waals surface area contributed by atoms with Gasteiger partial charge in [0.25, 0.3) is 10.0 Å². The van der Waals surface area contributed by atoms with E-state index in [1.807, 2.05) is 59.7 Å². The molecule has 41 heavy (non-hydrogen) atoms. The Hall–Kier alpha value is -3.85. The SMILES string of the molecule is COc1cccc(CN(C(=O)CN(c2cc(C)ccc2C)S(=O)(=O)c2ccc(C)cc2)C(C)C(=O)NC(C)(C)C)c1. The predicted octanol–water partition coefficient (Wildman–Crippen LogP) is 5.15. The van der Waals surface area contributed by atoms with Crippen molar-refractivity contribution in [3.8, 4) is 5.75 Å². The van der Waals surface area contributed by atoms with E-state index in [4.69, 9.17) is 4.74 Å². The molecule has 220 valence electrons. The van der Waals surface area contributed by atoms with Crippen molar-refractivity contribution in [1.29, 1.82) is 0 Å². The van der Waals surface area contributed by atoms with Crippen LogP contribution in [0.3, 0.4) is 0 Å². The fourth-order valence-electron chi connectivity index (χ4n) is 4.36. The molecule has 1 unspecified atom stereocenters. The van der Waals surface area contributed by atoms with E-state index in [2.05, 4.69) is 5.32 Å². The standard InChI is InChI=1S/C32H41N3O5S/c1-22-13-16-28(17-14-22)41(38,39)35(29-18-23(2)12-15-24(29)3)21-30(36)34(25(4)31(37)33-32(5,6)7)20-26-10-9-11-27(19-26)40-8/h9-19,25H,20-21H2,1-8H3,(H,33,37). The highest BCUT2D eigenvalue weighted by atomic mass is 32.2. The van der Waals surface area contributed by atoms with Gasteiger partial charge in [0.1, 0.15) is 18.3 Å². The number of carbonyl (C=O) groups is 2. The van der Waals surface area contributed by atoms with Gasteiger partial charge in [-0.05, 0) is 95.5 Å². The first-order valence-electron chi connectivity index (χ1n) is 13.5. The molecule has 0 saturated heterocycles. The quantitative estimate of drug-likeness (QED) is 0.359. The van der Waals surface area contributed by atoms with Gasteiger partial charge < -0.3 is 15.0 Å². The van der Waals surface area contributed by atoms with Crippen LogP contribution in [0.15, 0.2) is 71.6 Å². The number of rotatable bonds is 10. The number of benzene rings is 3. The molecule has 3 rings (SSSR count). The monoisotopic (exact) mass is 579 g/mol. The average Bonchev–Trinajstić information content (AvgIpc) is 2.90. The smallest absolute Gasteiger partial charge is 0.264 e. The zero-order chi connectivity index (χ0) is 30.5. The van der Waals surface area contributed by atoms with E-state index in [-0.39, 0.29) is 17.3 Å². The molecule has 1 atom stereocenters. The number of hydrogen-bond donors (Lipinski definition) is 1. The van der Waals surface area contributed by atoms with Crippen LogP contribution in [0.5, 0.6) is 5.75 Å². The van der Waals surface area contributed by atoms with Gasteiger partial charge in [0.2, 0.25) is 11.8 Å². The summed E-state index contributed by atoms with van der Waals surface area (Å²) in [7, 11) is -2.58. The third-order valence-corrected chi connectivity index (χ3v) is 8.45. The van der Waals surface area contributed by atoms with Crippen LogP contribution in [0, 0.1) is 20.8 Å². The minimum absolute atomic E-state index is 0.0784. The molecule has 0 radical (unpaired) electrons. The molecule has 8 nitrogen and oxygen atoms in total. The topological polar surface area (TPSA) is 96.0 Å². The van der Waals surface area contributed by atoms with Crippen molar-refractivity contribution in [3.63, 3.8) is 0 Å². The van der Waals surface area contributed by atoms with Crippen LogP contribution >= 0.6 is 0 Å². The number of methoxy groups -OCH3 is 1. The van der Waals surface area contributed by atoms with Crippen molar-refractivity contribution < 1.29 is 22.7 Å². The van der Waals surface area contributed by atoms with Crippen LogP contribution in [0.2, 0.25) is 0 Å². The summed E-state index contributed by atoms with van der Waals surface area (Å²) in [5, 5.41) is 2.94. The third kappa shape index (κ3) is 8.10. The van der Waals surface area contributed by atoms with Crippen LogP contribution < -0.4 is 14.4 Å². The van der Waals surface area contributed by atoms with E-state index >= 15 is 0 Å². The van der Waals surface area contributed by atoms with Crippen LogP contribution in [-0.2, 0) is 26.2 Å². The van der Waals surface area contributed by atoms with Gasteiger partial charge in [0, 0.05) is 12.1 Å². The molecule has 0 aromatic heterocycles. The number of hydrogen-bond acceptors (Lipinski definition) is 5. The highest BCUT2D eigenvalue weighted by Crippen LogP contribution is 2.29.